The van der Waals surface area contributed by atoms with Crippen LogP contribution in [0.2, 0.25) is 0 Å². The molecular formula is C11H13F2NO5S. The molecule has 1 atom stereocenters. The lowest BCUT2D eigenvalue weighted by molar-refractivity contribution is -0.141. The minimum Gasteiger partial charge on any atom is -0.481 e. The van der Waals surface area contributed by atoms with Gasteiger partial charge in [0.15, 0.2) is 11.6 Å². The third-order valence-electron chi connectivity index (χ3n) is 2.38. The topological polar surface area (TPSA) is 104 Å². The van der Waals surface area contributed by atoms with E-state index in [1.54, 1.807) is 0 Å². The minimum atomic E-state index is -4.18. The van der Waals surface area contributed by atoms with E-state index in [-0.39, 0.29) is 0 Å². The zero-order valence-electron chi connectivity index (χ0n) is 10.4. The molecule has 0 aliphatic heterocycles. The third kappa shape index (κ3) is 4.51. The number of hydrogen-bond donors (Lipinski definition) is 3. The van der Waals surface area contributed by atoms with Crippen LogP contribution in [-0.4, -0.2) is 36.7 Å². The first kappa shape index (κ1) is 16.5. The van der Waals surface area contributed by atoms with Crippen molar-refractivity contribution in [3.8, 4) is 0 Å². The van der Waals surface area contributed by atoms with Crippen LogP contribution < -0.4 is 4.72 Å². The van der Waals surface area contributed by atoms with Crippen LogP contribution in [0.4, 0.5) is 8.78 Å². The molecule has 0 aliphatic carbocycles. The standard InChI is InChI=1S/C11H13F2NO5S/c1-11(17,5-10(15)16)6-14-20(18,19)7-2-3-8(12)9(13)4-7/h2-4,14,17H,5-6H2,1H3,(H,15,16). The molecule has 0 bridgehead atoms. The van der Waals surface area contributed by atoms with Crippen LogP contribution in [0.1, 0.15) is 13.3 Å². The van der Waals surface area contributed by atoms with Gasteiger partial charge in [0.1, 0.15) is 0 Å². The molecule has 1 aromatic rings. The molecule has 0 aromatic heterocycles. The van der Waals surface area contributed by atoms with E-state index < -0.39 is 51.1 Å². The molecule has 20 heavy (non-hydrogen) atoms. The molecule has 1 rings (SSSR count). The van der Waals surface area contributed by atoms with E-state index in [2.05, 4.69) is 0 Å². The van der Waals surface area contributed by atoms with Crippen LogP contribution in [0.15, 0.2) is 23.1 Å². The average molecular weight is 309 g/mol. The van der Waals surface area contributed by atoms with E-state index >= 15 is 0 Å². The molecule has 0 saturated carbocycles. The molecule has 3 N–H and O–H groups in total. The fraction of sp³-hybridized carbons (Fsp3) is 0.364. The number of carboxylic acids is 1. The highest BCUT2D eigenvalue weighted by atomic mass is 32.2. The molecule has 112 valence electrons. The van der Waals surface area contributed by atoms with E-state index in [1.165, 1.54) is 0 Å². The molecule has 1 unspecified atom stereocenters. The quantitative estimate of drug-likeness (QED) is 0.708. The van der Waals surface area contributed by atoms with Crippen molar-refractivity contribution in [1.82, 2.24) is 4.72 Å². The Balaban J connectivity index is 2.85. The molecule has 0 spiro atoms. The second-order valence-electron chi connectivity index (χ2n) is 4.47. The highest BCUT2D eigenvalue weighted by molar-refractivity contribution is 7.89. The van der Waals surface area contributed by atoms with Crippen LogP contribution >= 0.6 is 0 Å². The summed E-state index contributed by atoms with van der Waals surface area (Å²) >= 11 is 0. The lowest BCUT2D eigenvalue weighted by atomic mass is 10.0. The van der Waals surface area contributed by atoms with Gasteiger partial charge in [-0.05, 0) is 25.1 Å². The Labute approximate surface area is 114 Å². The van der Waals surface area contributed by atoms with E-state index in [4.69, 9.17) is 5.11 Å². The van der Waals surface area contributed by atoms with Crippen LogP contribution in [-0.2, 0) is 14.8 Å². The lowest BCUT2D eigenvalue weighted by Gasteiger charge is -2.21. The molecular weight excluding hydrogens is 296 g/mol. The van der Waals surface area contributed by atoms with E-state index in [0.29, 0.717) is 12.1 Å². The molecule has 0 saturated heterocycles. The van der Waals surface area contributed by atoms with Crippen molar-refractivity contribution < 1.29 is 32.2 Å². The normalized spacial score (nSPS) is 14.8. The van der Waals surface area contributed by atoms with Crippen LogP contribution in [0.25, 0.3) is 0 Å². The van der Waals surface area contributed by atoms with Crippen LogP contribution in [0.3, 0.4) is 0 Å². The van der Waals surface area contributed by atoms with Crippen molar-refractivity contribution >= 4 is 16.0 Å². The average Bonchev–Trinajstić information content (AvgIpc) is 2.29. The second kappa shape index (κ2) is 5.81. The number of carboxylic acid groups (broad SMARTS) is 1. The summed E-state index contributed by atoms with van der Waals surface area (Å²) in [5.41, 5.74) is -1.81. The van der Waals surface area contributed by atoms with Gasteiger partial charge in [-0.25, -0.2) is 21.9 Å². The fourth-order valence-corrected chi connectivity index (χ4v) is 2.54. The first-order valence-corrected chi connectivity index (χ1v) is 6.91. The SMILES string of the molecule is CC(O)(CNS(=O)(=O)c1ccc(F)c(F)c1)CC(=O)O. The summed E-state index contributed by atoms with van der Waals surface area (Å²) in [7, 11) is -4.18. The second-order valence-corrected chi connectivity index (χ2v) is 6.23. The van der Waals surface area contributed by atoms with Crippen molar-refractivity contribution in [3.63, 3.8) is 0 Å². The molecule has 0 amide bonds. The number of benzene rings is 1. The van der Waals surface area contributed by atoms with Crippen molar-refractivity contribution in [2.75, 3.05) is 6.54 Å². The number of aliphatic hydroxyl groups is 1. The summed E-state index contributed by atoms with van der Waals surface area (Å²) in [6.07, 6.45) is -0.673. The molecule has 0 heterocycles. The summed E-state index contributed by atoms with van der Waals surface area (Å²) < 4.78 is 51.1. The summed E-state index contributed by atoms with van der Waals surface area (Å²) in [6.45, 7) is 0.551. The third-order valence-corrected chi connectivity index (χ3v) is 3.78. The highest BCUT2D eigenvalue weighted by Gasteiger charge is 2.27. The number of rotatable bonds is 6. The maximum Gasteiger partial charge on any atom is 0.306 e. The van der Waals surface area contributed by atoms with Crippen molar-refractivity contribution in [1.29, 1.82) is 0 Å². The van der Waals surface area contributed by atoms with Gasteiger partial charge in [0.25, 0.3) is 0 Å². The Morgan fingerprint density at radius 3 is 2.45 bits per heavy atom. The predicted octanol–water partition coefficient (Wildman–Crippen LogP) is 0.469. The maximum absolute atomic E-state index is 13.0. The Kier molecular flexibility index (Phi) is 4.79. The highest BCUT2D eigenvalue weighted by Crippen LogP contribution is 2.15. The van der Waals surface area contributed by atoms with E-state index in [0.717, 1.165) is 13.0 Å². The smallest absolute Gasteiger partial charge is 0.306 e. The predicted molar refractivity (Wildman–Crippen MR) is 64.4 cm³/mol. The number of carbonyl (C=O) groups is 1. The van der Waals surface area contributed by atoms with Crippen molar-refractivity contribution in [3.05, 3.63) is 29.8 Å². The number of sulfonamides is 1. The molecule has 0 aliphatic rings. The number of aliphatic carboxylic acids is 1. The zero-order valence-corrected chi connectivity index (χ0v) is 11.2. The number of hydrogen-bond acceptors (Lipinski definition) is 4. The fourth-order valence-electron chi connectivity index (χ4n) is 1.37. The first-order valence-electron chi connectivity index (χ1n) is 5.42. The Hall–Kier alpha value is -1.58. The molecule has 1 aromatic carbocycles. The van der Waals surface area contributed by atoms with Gasteiger partial charge in [-0.3, -0.25) is 4.79 Å². The van der Waals surface area contributed by atoms with Crippen LogP contribution in [0.5, 0.6) is 0 Å². The summed E-state index contributed by atoms with van der Waals surface area (Å²) in [5.74, 6) is -3.82. The lowest BCUT2D eigenvalue weighted by Crippen LogP contribution is -2.42. The van der Waals surface area contributed by atoms with E-state index in [1.807, 2.05) is 4.72 Å². The molecule has 0 radical (unpaired) electrons. The first-order chi connectivity index (χ1) is 9.03. The van der Waals surface area contributed by atoms with Crippen molar-refractivity contribution in [2.24, 2.45) is 0 Å². The summed E-state index contributed by atoms with van der Waals surface area (Å²) in [4.78, 5) is 9.94. The Morgan fingerprint density at radius 2 is 1.95 bits per heavy atom. The zero-order chi connectivity index (χ0) is 15.6. The van der Waals surface area contributed by atoms with Crippen LogP contribution in [0, 0.1) is 11.6 Å². The largest absolute Gasteiger partial charge is 0.481 e. The molecule has 9 heteroatoms. The molecule has 6 nitrogen and oxygen atoms in total. The van der Waals surface area contributed by atoms with Gasteiger partial charge in [0.05, 0.1) is 16.9 Å². The van der Waals surface area contributed by atoms with Gasteiger partial charge in [-0.2, -0.15) is 0 Å². The van der Waals surface area contributed by atoms with Gasteiger partial charge in [-0.1, -0.05) is 0 Å². The minimum absolute atomic E-state index is 0.490. The van der Waals surface area contributed by atoms with Gasteiger partial charge < -0.3 is 10.2 Å². The Bertz CT molecular complexity index is 615. The monoisotopic (exact) mass is 309 g/mol. The van der Waals surface area contributed by atoms with Crippen molar-refractivity contribution in [2.45, 2.75) is 23.8 Å². The van der Waals surface area contributed by atoms with Gasteiger partial charge >= 0.3 is 5.97 Å². The van der Waals surface area contributed by atoms with Gasteiger partial charge in [0.2, 0.25) is 10.0 Å². The Morgan fingerprint density at radius 1 is 1.35 bits per heavy atom. The van der Waals surface area contributed by atoms with Gasteiger partial charge in [0, 0.05) is 6.54 Å². The summed E-state index contributed by atoms with van der Waals surface area (Å²) in [6, 6.07) is 2.00. The summed E-state index contributed by atoms with van der Waals surface area (Å²) in [5, 5.41) is 18.2. The number of halogens is 2. The van der Waals surface area contributed by atoms with Gasteiger partial charge in [-0.15, -0.1) is 0 Å². The maximum atomic E-state index is 13.0. The molecule has 0 fully saturated rings. The van der Waals surface area contributed by atoms with E-state index in [9.17, 15) is 27.1 Å². The number of nitrogens with one attached hydrogen (secondary N) is 1.